The van der Waals surface area contributed by atoms with Crippen molar-refractivity contribution in [1.82, 2.24) is 24.1 Å². The molecule has 0 spiro atoms. The molecule has 2 fully saturated rings. The maximum atomic E-state index is 4.69. The fourth-order valence-corrected chi connectivity index (χ4v) is 4.89. The van der Waals surface area contributed by atoms with Crippen molar-refractivity contribution >= 4 is 27.6 Å². The summed E-state index contributed by atoms with van der Waals surface area (Å²) in [5, 5.41) is 0. The van der Waals surface area contributed by atoms with Crippen molar-refractivity contribution in [3.8, 4) is 11.3 Å². The van der Waals surface area contributed by atoms with Gasteiger partial charge in [0.2, 0.25) is 0 Å². The molecule has 1 aromatic carbocycles. The van der Waals surface area contributed by atoms with Gasteiger partial charge in [0.15, 0.2) is 5.82 Å². The van der Waals surface area contributed by atoms with Crippen LogP contribution in [0.15, 0.2) is 36.7 Å². The van der Waals surface area contributed by atoms with E-state index in [1.54, 1.807) is 6.33 Å². The Morgan fingerprint density at radius 1 is 1.04 bits per heavy atom. The number of piperazine rings is 1. The molecule has 2 aromatic heterocycles. The molecule has 2 saturated heterocycles. The van der Waals surface area contributed by atoms with Crippen molar-refractivity contribution in [1.29, 1.82) is 0 Å². The molecule has 2 aliphatic rings. The fourth-order valence-electron chi connectivity index (χ4n) is 4.02. The number of hydrogen-bond acceptors (Lipinski definition) is 7. The number of hydrogen-bond donors (Lipinski definition) is 0. The lowest BCUT2D eigenvalue weighted by Gasteiger charge is -2.43. The predicted molar refractivity (Wildman–Crippen MR) is 110 cm³/mol. The zero-order chi connectivity index (χ0) is 18.2. The van der Waals surface area contributed by atoms with Crippen LogP contribution in [0.2, 0.25) is 0 Å². The molecule has 7 heteroatoms. The molecule has 0 aliphatic carbocycles. The standard InChI is InChI=1S/C20H24N6S/c1-24-7-9-25(10-8-24)11-15-12-26(13-15)20-19-18(21-14-22-20)17(23-27-19)16-5-3-2-4-6-16/h2-6,14-15H,7-13H2,1H3. The Morgan fingerprint density at radius 2 is 1.81 bits per heavy atom. The molecular formula is C20H24N6S. The van der Waals surface area contributed by atoms with Crippen molar-refractivity contribution in [3.63, 3.8) is 0 Å². The van der Waals surface area contributed by atoms with Gasteiger partial charge in [0.25, 0.3) is 0 Å². The first kappa shape index (κ1) is 17.0. The van der Waals surface area contributed by atoms with Crippen molar-refractivity contribution in [2.45, 2.75) is 0 Å². The lowest BCUT2D eigenvalue weighted by Crippen LogP contribution is -2.54. The van der Waals surface area contributed by atoms with Gasteiger partial charge in [-0.3, -0.25) is 0 Å². The zero-order valence-electron chi connectivity index (χ0n) is 15.6. The summed E-state index contributed by atoms with van der Waals surface area (Å²) >= 11 is 1.52. The lowest BCUT2D eigenvalue weighted by atomic mass is 9.99. The van der Waals surface area contributed by atoms with Gasteiger partial charge in [0.05, 0.1) is 0 Å². The molecule has 0 saturated carbocycles. The Balaban J connectivity index is 1.30. The van der Waals surface area contributed by atoms with Gasteiger partial charge in [0, 0.05) is 57.3 Å². The average Bonchev–Trinajstić information content (AvgIpc) is 3.11. The van der Waals surface area contributed by atoms with Crippen LogP contribution >= 0.6 is 11.5 Å². The number of nitrogens with zero attached hydrogens (tertiary/aromatic N) is 6. The molecule has 0 unspecified atom stereocenters. The molecule has 2 aliphatic heterocycles. The summed E-state index contributed by atoms with van der Waals surface area (Å²) in [7, 11) is 2.21. The number of fused-ring (bicyclic) bond motifs is 1. The second-order valence-corrected chi connectivity index (χ2v) is 8.42. The third-order valence-corrected chi connectivity index (χ3v) is 6.49. The quantitative estimate of drug-likeness (QED) is 0.693. The maximum absolute atomic E-state index is 4.69. The van der Waals surface area contributed by atoms with Crippen molar-refractivity contribution in [2.24, 2.45) is 5.92 Å². The van der Waals surface area contributed by atoms with E-state index in [0.29, 0.717) is 0 Å². The van der Waals surface area contributed by atoms with Crippen LogP contribution < -0.4 is 4.90 Å². The van der Waals surface area contributed by atoms with Crippen LogP contribution in [0.1, 0.15) is 0 Å². The van der Waals surface area contributed by atoms with Crippen LogP contribution in [0, 0.1) is 5.92 Å². The first-order valence-corrected chi connectivity index (χ1v) is 10.4. The largest absolute Gasteiger partial charge is 0.354 e. The van der Waals surface area contributed by atoms with Crippen LogP contribution in [0.5, 0.6) is 0 Å². The second-order valence-electron chi connectivity index (χ2n) is 7.65. The molecule has 0 atom stereocenters. The van der Waals surface area contributed by atoms with Gasteiger partial charge in [-0.05, 0) is 18.6 Å². The highest BCUT2D eigenvalue weighted by molar-refractivity contribution is 7.14. The number of rotatable bonds is 4. The van der Waals surface area contributed by atoms with Gasteiger partial charge in [-0.1, -0.05) is 30.3 Å². The molecule has 5 rings (SSSR count). The Bertz CT molecular complexity index is 913. The minimum atomic E-state index is 0.736. The Hall–Kier alpha value is -2.09. The molecular weight excluding hydrogens is 356 g/mol. The van der Waals surface area contributed by atoms with E-state index in [2.05, 4.69) is 48.2 Å². The summed E-state index contributed by atoms with van der Waals surface area (Å²) in [5.74, 6) is 1.79. The number of likely N-dealkylation sites (N-methyl/N-ethyl adjacent to an activating group) is 1. The molecule has 4 heterocycles. The van der Waals surface area contributed by atoms with Crippen molar-refractivity contribution < 1.29 is 0 Å². The van der Waals surface area contributed by atoms with E-state index in [0.717, 1.165) is 46.3 Å². The van der Waals surface area contributed by atoms with Gasteiger partial charge in [0.1, 0.15) is 22.2 Å². The molecule has 3 aromatic rings. The number of aromatic nitrogens is 3. The SMILES string of the molecule is CN1CCN(CC2CN(c3ncnc4c(-c5ccccc5)nsc34)C2)CC1. The zero-order valence-corrected chi connectivity index (χ0v) is 16.4. The first-order chi connectivity index (χ1) is 13.3. The smallest absolute Gasteiger partial charge is 0.151 e. The van der Waals surface area contributed by atoms with E-state index < -0.39 is 0 Å². The molecule has 6 nitrogen and oxygen atoms in total. The summed E-state index contributed by atoms with van der Waals surface area (Å²) in [6.45, 7) is 8.13. The molecule has 0 radical (unpaired) electrons. The van der Waals surface area contributed by atoms with Crippen LogP contribution in [0.3, 0.4) is 0 Å². The third kappa shape index (κ3) is 3.31. The van der Waals surface area contributed by atoms with Crippen LogP contribution in [0.4, 0.5) is 5.82 Å². The van der Waals surface area contributed by atoms with Crippen LogP contribution in [-0.2, 0) is 0 Å². The van der Waals surface area contributed by atoms with E-state index in [1.165, 1.54) is 44.3 Å². The molecule has 27 heavy (non-hydrogen) atoms. The first-order valence-electron chi connectivity index (χ1n) is 9.59. The molecule has 0 bridgehead atoms. The Labute approximate surface area is 163 Å². The second kappa shape index (κ2) is 7.14. The summed E-state index contributed by atoms with van der Waals surface area (Å²) in [6, 6.07) is 10.3. The highest BCUT2D eigenvalue weighted by Crippen LogP contribution is 2.36. The summed E-state index contributed by atoms with van der Waals surface area (Å²) in [6.07, 6.45) is 1.69. The minimum absolute atomic E-state index is 0.736. The maximum Gasteiger partial charge on any atom is 0.151 e. The third-order valence-electron chi connectivity index (χ3n) is 5.65. The number of benzene rings is 1. The van der Waals surface area contributed by atoms with E-state index in [1.807, 2.05) is 18.2 Å². The lowest BCUT2D eigenvalue weighted by molar-refractivity contribution is 0.128. The van der Waals surface area contributed by atoms with Gasteiger partial charge < -0.3 is 14.7 Å². The summed E-state index contributed by atoms with van der Waals surface area (Å²) in [5.41, 5.74) is 3.05. The average molecular weight is 381 g/mol. The Morgan fingerprint density at radius 3 is 2.59 bits per heavy atom. The highest BCUT2D eigenvalue weighted by Gasteiger charge is 2.32. The highest BCUT2D eigenvalue weighted by atomic mass is 32.1. The van der Waals surface area contributed by atoms with Gasteiger partial charge in [-0.25, -0.2) is 9.97 Å². The van der Waals surface area contributed by atoms with E-state index >= 15 is 0 Å². The van der Waals surface area contributed by atoms with Crippen molar-refractivity contribution in [3.05, 3.63) is 36.7 Å². The summed E-state index contributed by atoms with van der Waals surface area (Å²) in [4.78, 5) is 16.5. The van der Waals surface area contributed by atoms with Gasteiger partial charge in [-0.15, -0.1) is 0 Å². The monoisotopic (exact) mass is 380 g/mol. The Kier molecular flexibility index (Phi) is 4.51. The predicted octanol–water partition coefficient (Wildman–Crippen LogP) is 2.44. The van der Waals surface area contributed by atoms with Crippen molar-refractivity contribution in [2.75, 3.05) is 57.8 Å². The topological polar surface area (TPSA) is 48.4 Å². The van der Waals surface area contributed by atoms with Gasteiger partial charge in [-0.2, -0.15) is 4.37 Å². The van der Waals surface area contributed by atoms with E-state index in [4.69, 9.17) is 0 Å². The van der Waals surface area contributed by atoms with E-state index in [-0.39, 0.29) is 0 Å². The molecule has 0 amide bonds. The summed E-state index contributed by atoms with van der Waals surface area (Å²) < 4.78 is 5.79. The van der Waals surface area contributed by atoms with Crippen LogP contribution in [0.25, 0.3) is 21.5 Å². The molecule has 0 N–H and O–H groups in total. The van der Waals surface area contributed by atoms with Crippen LogP contribution in [-0.4, -0.2) is 77.0 Å². The normalized spacial score (nSPS) is 19.5. The fraction of sp³-hybridized carbons (Fsp3) is 0.450. The molecule has 140 valence electrons. The number of anilines is 1. The van der Waals surface area contributed by atoms with Gasteiger partial charge >= 0.3 is 0 Å². The van der Waals surface area contributed by atoms with E-state index in [9.17, 15) is 0 Å². The minimum Gasteiger partial charge on any atom is -0.354 e.